The second-order valence-corrected chi connectivity index (χ2v) is 4.75. The molecule has 2 rings (SSSR count). The summed E-state index contributed by atoms with van der Waals surface area (Å²) < 4.78 is 1.12. The molecule has 0 spiro atoms. The first kappa shape index (κ1) is 9.38. The van der Waals surface area contributed by atoms with E-state index in [0.29, 0.717) is 5.56 Å². The molecule has 0 aliphatic heterocycles. The first-order valence-corrected chi connectivity index (χ1v) is 6.06. The fourth-order valence-corrected chi connectivity index (χ4v) is 3.11. The highest BCUT2D eigenvalue weighted by molar-refractivity contribution is 7.99. The van der Waals surface area contributed by atoms with E-state index >= 15 is 0 Å². The summed E-state index contributed by atoms with van der Waals surface area (Å²) in [5.41, 5.74) is 6.44. The largest absolute Gasteiger partial charge is 0.391 e. The number of nitrogen functional groups attached to an aromatic ring is 1. The Balaban J connectivity index is 2.86. The highest BCUT2D eigenvalue weighted by Gasteiger charge is 2.08. The van der Waals surface area contributed by atoms with Crippen molar-refractivity contribution < 1.29 is 0 Å². The average molecular weight is 220 g/mol. The summed E-state index contributed by atoms with van der Waals surface area (Å²) >= 11 is 3.21. The van der Waals surface area contributed by atoms with Crippen LogP contribution in [0.25, 0.3) is 10.1 Å². The van der Waals surface area contributed by atoms with Crippen LogP contribution in [-0.4, -0.2) is 6.26 Å². The highest BCUT2D eigenvalue weighted by Crippen LogP contribution is 2.36. The number of hydrogen-bond acceptors (Lipinski definition) is 4. The number of anilines is 1. The quantitative estimate of drug-likeness (QED) is 0.751. The second kappa shape index (κ2) is 3.52. The number of thiophene rings is 1. The smallest absolute Gasteiger partial charge is 0.0998 e. The number of fused-ring (bicyclic) bond motifs is 1. The summed E-state index contributed by atoms with van der Waals surface area (Å²) in [7, 11) is 0. The highest BCUT2D eigenvalue weighted by atomic mass is 32.2. The fraction of sp³-hybridized carbons (Fsp3) is 0.100. The normalized spacial score (nSPS) is 10.3. The Morgan fingerprint density at radius 1 is 1.50 bits per heavy atom. The van der Waals surface area contributed by atoms with Crippen molar-refractivity contribution in [2.45, 2.75) is 4.90 Å². The van der Waals surface area contributed by atoms with Crippen molar-refractivity contribution in [2.24, 2.45) is 0 Å². The zero-order valence-electron chi connectivity index (χ0n) is 7.57. The Morgan fingerprint density at radius 2 is 2.29 bits per heavy atom. The second-order valence-electron chi connectivity index (χ2n) is 2.82. The molecule has 0 saturated heterocycles. The van der Waals surface area contributed by atoms with Crippen LogP contribution >= 0.6 is 23.1 Å². The molecule has 1 aromatic heterocycles. The molecule has 2 nitrogen and oxygen atoms in total. The predicted octanol–water partition coefficient (Wildman–Crippen LogP) is 3.08. The summed E-state index contributed by atoms with van der Waals surface area (Å²) in [5.74, 6) is 0. The molecule has 1 heterocycles. The van der Waals surface area contributed by atoms with E-state index in [1.54, 1.807) is 11.8 Å². The number of hydrogen-bond donors (Lipinski definition) is 1. The summed E-state index contributed by atoms with van der Waals surface area (Å²) in [6, 6.07) is 7.87. The van der Waals surface area contributed by atoms with Crippen LogP contribution < -0.4 is 5.73 Å². The summed E-state index contributed by atoms with van der Waals surface area (Å²) in [6.07, 6.45) is 2.02. The van der Waals surface area contributed by atoms with Gasteiger partial charge >= 0.3 is 0 Å². The van der Waals surface area contributed by atoms with Gasteiger partial charge in [-0.2, -0.15) is 5.26 Å². The van der Waals surface area contributed by atoms with Gasteiger partial charge in [0, 0.05) is 10.3 Å². The van der Waals surface area contributed by atoms with Crippen molar-refractivity contribution in [2.75, 3.05) is 12.0 Å². The molecule has 70 valence electrons. The van der Waals surface area contributed by atoms with Crippen molar-refractivity contribution >= 4 is 38.2 Å². The average Bonchev–Trinajstić information content (AvgIpc) is 2.57. The predicted molar refractivity (Wildman–Crippen MR) is 62.7 cm³/mol. The van der Waals surface area contributed by atoms with Gasteiger partial charge in [-0.3, -0.25) is 0 Å². The molecule has 0 saturated carbocycles. The molecule has 0 amide bonds. The molecule has 4 heteroatoms. The standard InChI is InChI=1S/C10H8N2S2/c1-13-8-3-2-6(5-11)7-4-9(12)14-10(7)8/h2-4H,12H2,1H3. The Labute approximate surface area is 90.3 Å². The van der Waals surface area contributed by atoms with Crippen molar-refractivity contribution in [1.82, 2.24) is 0 Å². The first-order valence-electron chi connectivity index (χ1n) is 4.02. The molecule has 1 aromatic carbocycles. The van der Waals surface area contributed by atoms with Crippen molar-refractivity contribution in [1.29, 1.82) is 5.26 Å². The third-order valence-electron chi connectivity index (χ3n) is 2.01. The minimum absolute atomic E-state index is 0.700. The lowest BCUT2D eigenvalue weighted by molar-refractivity contribution is 1.49. The van der Waals surface area contributed by atoms with Gasteiger partial charge in [0.25, 0.3) is 0 Å². The van der Waals surface area contributed by atoms with Crippen LogP contribution in [0.3, 0.4) is 0 Å². The van der Waals surface area contributed by atoms with Crippen LogP contribution in [0.15, 0.2) is 23.1 Å². The zero-order valence-corrected chi connectivity index (χ0v) is 9.21. The number of benzene rings is 1. The zero-order chi connectivity index (χ0) is 10.1. The minimum Gasteiger partial charge on any atom is -0.391 e. The Hall–Kier alpha value is -1.18. The summed E-state index contributed by atoms with van der Waals surface area (Å²) in [5, 5.41) is 10.7. The van der Waals surface area contributed by atoms with Gasteiger partial charge in [0.15, 0.2) is 0 Å². The van der Waals surface area contributed by atoms with E-state index in [4.69, 9.17) is 11.0 Å². The van der Waals surface area contributed by atoms with Gasteiger partial charge in [0.1, 0.15) is 0 Å². The maximum atomic E-state index is 8.92. The molecule has 0 radical (unpaired) electrons. The van der Waals surface area contributed by atoms with Crippen molar-refractivity contribution in [3.63, 3.8) is 0 Å². The number of nitrogens with zero attached hydrogens (tertiary/aromatic N) is 1. The molecule has 0 atom stereocenters. The Kier molecular flexibility index (Phi) is 2.36. The molecule has 0 aliphatic rings. The van der Waals surface area contributed by atoms with Gasteiger partial charge in [-0.05, 0) is 24.5 Å². The van der Waals surface area contributed by atoms with Gasteiger partial charge in [-0.25, -0.2) is 0 Å². The molecular formula is C10H8N2S2. The SMILES string of the molecule is CSc1ccc(C#N)c2cc(N)sc12. The lowest BCUT2D eigenvalue weighted by Crippen LogP contribution is -1.77. The number of nitrogens with two attached hydrogens (primary N) is 1. The Morgan fingerprint density at radius 3 is 2.93 bits per heavy atom. The summed E-state index contributed by atoms with van der Waals surface area (Å²) in [6.45, 7) is 0. The lowest BCUT2D eigenvalue weighted by atomic mass is 10.1. The van der Waals surface area contributed by atoms with Crippen LogP contribution in [0.5, 0.6) is 0 Å². The number of nitriles is 1. The van der Waals surface area contributed by atoms with Crippen LogP contribution in [0.2, 0.25) is 0 Å². The molecule has 0 unspecified atom stereocenters. The Bertz CT molecular complexity index is 523. The molecule has 14 heavy (non-hydrogen) atoms. The van der Waals surface area contributed by atoms with E-state index in [-0.39, 0.29) is 0 Å². The van der Waals surface area contributed by atoms with Crippen molar-refractivity contribution in [3.8, 4) is 6.07 Å². The molecule has 2 aromatic rings. The maximum Gasteiger partial charge on any atom is 0.0998 e. The molecule has 0 fully saturated rings. The number of thioether (sulfide) groups is 1. The van der Waals surface area contributed by atoms with Gasteiger partial charge < -0.3 is 5.73 Å². The maximum absolute atomic E-state index is 8.92. The first-order chi connectivity index (χ1) is 6.76. The van der Waals surface area contributed by atoms with Gasteiger partial charge in [-0.1, -0.05) is 0 Å². The fourth-order valence-electron chi connectivity index (χ4n) is 1.38. The van der Waals surface area contributed by atoms with Gasteiger partial charge in [0.05, 0.1) is 21.3 Å². The van der Waals surface area contributed by atoms with Crippen molar-refractivity contribution in [3.05, 3.63) is 23.8 Å². The van der Waals surface area contributed by atoms with E-state index < -0.39 is 0 Å². The summed E-state index contributed by atoms with van der Waals surface area (Å²) in [4.78, 5) is 1.18. The molecule has 2 N–H and O–H groups in total. The number of rotatable bonds is 1. The third-order valence-corrected chi connectivity index (χ3v) is 3.91. The van der Waals surface area contributed by atoms with Crippen LogP contribution in [0.1, 0.15) is 5.56 Å². The van der Waals surface area contributed by atoms with E-state index in [0.717, 1.165) is 15.1 Å². The van der Waals surface area contributed by atoms with E-state index in [1.807, 2.05) is 24.5 Å². The minimum atomic E-state index is 0.700. The van der Waals surface area contributed by atoms with Gasteiger partial charge in [0.2, 0.25) is 0 Å². The van der Waals surface area contributed by atoms with Gasteiger partial charge in [-0.15, -0.1) is 23.1 Å². The molecular weight excluding hydrogens is 212 g/mol. The van der Waals surface area contributed by atoms with E-state index in [2.05, 4.69) is 6.07 Å². The molecule has 0 bridgehead atoms. The third kappa shape index (κ3) is 1.35. The monoisotopic (exact) mass is 220 g/mol. The van der Waals surface area contributed by atoms with E-state index in [1.165, 1.54) is 16.2 Å². The van der Waals surface area contributed by atoms with E-state index in [9.17, 15) is 0 Å². The van der Waals surface area contributed by atoms with Crippen LogP contribution in [0.4, 0.5) is 5.00 Å². The van der Waals surface area contributed by atoms with Crippen LogP contribution in [-0.2, 0) is 0 Å². The lowest BCUT2D eigenvalue weighted by Gasteiger charge is -1.98. The van der Waals surface area contributed by atoms with Crippen LogP contribution in [0, 0.1) is 11.3 Å². The molecule has 0 aliphatic carbocycles. The topological polar surface area (TPSA) is 49.8 Å².